The molecule has 1 unspecified atom stereocenters. The smallest absolute Gasteiger partial charge is 0.124 e. The van der Waals surface area contributed by atoms with Crippen LogP contribution in [0.2, 0.25) is 0 Å². The summed E-state index contributed by atoms with van der Waals surface area (Å²) in [7, 11) is 0. The Morgan fingerprint density at radius 1 is 1.25 bits per heavy atom. The Kier molecular flexibility index (Phi) is 5.32. The number of aromatic nitrogens is 1. The number of hydrogen-bond donors (Lipinski definition) is 1. The van der Waals surface area contributed by atoms with E-state index in [0.29, 0.717) is 6.04 Å². The third-order valence-corrected chi connectivity index (χ3v) is 4.84. The van der Waals surface area contributed by atoms with Gasteiger partial charge in [-0.25, -0.2) is 4.98 Å². The minimum atomic E-state index is 0.559. The number of benzene rings is 1. The van der Waals surface area contributed by atoms with Gasteiger partial charge in [0.15, 0.2) is 0 Å². The van der Waals surface area contributed by atoms with Crippen LogP contribution in [0.3, 0.4) is 0 Å². The van der Waals surface area contributed by atoms with Crippen molar-refractivity contribution in [3.05, 3.63) is 40.4 Å². The van der Waals surface area contributed by atoms with Crippen molar-refractivity contribution in [3.8, 4) is 10.6 Å². The van der Waals surface area contributed by atoms with Crippen LogP contribution in [0.4, 0.5) is 0 Å². The first-order chi connectivity index (χ1) is 9.65. The van der Waals surface area contributed by atoms with Crippen LogP contribution in [-0.4, -0.2) is 11.0 Å². The quantitative estimate of drug-likeness (QED) is 0.842. The Labute approximate surface area is 126 Å². The van der Waals surface area contributed by atoms with E-state index in [4.69, 9.17) is 4.98 Å². The van der Waals surface area contributed by atoms with Crippen molar-refractivity contribution in [3.63, 3.8) is 0 Å². The maximum atomic E-state index is 4.84. The van der Waals surface area contributed by atoms with Crippen molar-refractivity contribution in [1.82, 2.24) is 10.3 Å². The summed E-state index contributed by atoms with van der Waals surface area (Å²) < 4.78 is 0. The van der Waals surface area contributed by atoms with Gasteiger partial charge in [-0.15, -0.1) is 11.3 Å². The summed E-state index contributed by atoms with van der Waals surface area (Å²) in [6.45, 7) is 9.71. The second-order valence-electron chi connectivity index (χ2n) is 5.25. The number of nitrogens with one attached hydrogen (secondary N) is 1. The summed E-state index contributed by atoms with van der Waals surface area (Å²) in [5, 5.41) is 4.73. The van der Waals surface area contributed by atoms with E-state index < -0.39 is 0 Å². The predicted octanol–water partition coefficient (Wildman–Crippen LogP) is 4.57. The number of aryl methyl sites for hydroxylation is 2. The molecule has 0 bridgehead atoms. The van der Waals surface area contributed by atoms with Crippen molar-refractivity contribution in [2.24, 2.45) is 0 Å². The van der Waals surface area contributed by atoms with E-state index in [1.165, 1.54) is 21.7 Å². The predicted molar refractivity (Wildman–Crippen MR) is 88.3 cm³/mol. The van der Waals surface area contributed by atoms with E-state index >= 15 is 0 Å². The van der Waals surface area contributed by atoms with Gasteiger partial charge in [-0.1, -0.05) is 38.1 Å². The molecule has 0 aliphatic heterocycles. The van der Waals surface area contributed by atoms with Gasteiger partial charge < -0.3 is 5.32 Å². The molecule has 1 aromatic heterocycles. The van der Waals surface area contributed by atoms with Crippen LogP contribution in [0, 0.1) is 6.92 Å². The van der Waals surface area contributed by atoms with Crippen molar-refractivity contribution in [1.29, 1.82) is 0 Å². The van der Waals surface area contributed by atoms with Gasteiger partial charge in [0.1, 0.15) is 5.01 Å². The normalized spacial score (nSPS) is 12.6. The van der Waals surface area contributed by atoms with Crippen molar-refractivity contribution in [2.45, 2.75) is 53.1 Å². The molecule has 3 heteroatoms. The van der Waals surface area contributed by atoms with E-state index in [1.807, 2.05) is 11.3 Å². The van der Waals surface area contributed by atoms with E-state index in [0.717, 1.165) is 24.4 Å². The second-order valence-corrected chi connectivity index (χ2v) is 6.33. The van der Waals surface area contributed by atoms with Crippen LogP contribution in [0.15, 0.2) is 24.3 Å². The molecule has 0 saturated carbocycles. The van der Waals surface area contributed by atoms with Gasteiger partial charge in [0.25, 0.3) is 0 Å². The molecule has 1 aromatic carbocycles. The summed E-state index contributed by atoms with van der Waals surface area (Å²) in [5.41, 5.74) is 3.80. The monoisotopic (exact) mass is 288 g/mol. The zero-order valence-electron chi connectivity index (χ0n) is 12.9. The molecule has 1 atom stereocenters. The molecule has 2 rings (SSSR count). The molecule has 2 nitrogen and oxygen atoms in total. The molecular formula is C17H24N2S. The fourth-order valence-electron chi connectivity index (χ4n) is 2.14. The molecule has 0 fully saturated rings. The van der Waals surface area contributed by atoms with Crippen LogP contribution < -0.4 is 5.32 Å². The van der Waals surface area contributed by atoms with E-state index in [-0.39, 0.29) is 0 Å². The third-order valence-electron chi connectivity index (χ3n) is 3.71. The Morgan fingerprint density at radius 3 is 2.65 bits per heavy atom. The lowest BCUT2D eigenvalue weighted by molar-refractivity contribution is 0.535. The summed E-state index contributed by atoms with van der Waals surface area (Å²) >= 11 is 1.83. The largest absolute Gasteiger partial charge is 0.309 e. The van der Waals surface area contributed by atoms with Crippen LogP contribution in [0.25, 0.3) is 10.6 Å². The lowest BCUT2D eigenvalue weighted by atomic mass is 10.1. The van der Waals surface area contributed by atoms with E-state index in [9.17, 15) is 0 Å². The first kappa shape index (κ1) is 15.2. The standard InChI is InChI=1S/C17H24N2S/c1-5-13(4)18-11-16-15(6-2)19-17(20-16)14-10-8-7-9-12(14)3/h7-10,13,18H,5-6,11H2,1-4H3. The minimum absolute atomic E-state index is 0.559. The molecule has 0 amide bonds. The van der Waals surface area contributed by atoms with E-state index in [1.54, 1.807) is 0 Å². The lowest BCUT2D eigenvalue weighted by Gasteiger charge is -2.10. The third kappa shape index (κ3) is 3.47. The Morgan fingerprint density at radius 2 is 2.00 bits per heavy atom. The van der Waals surface area contributed by atoms with Gasteiger partial charge in [-0.05, 0) is 32.3 Å². The Hall–Kier alpha value is -1.19. The van der Waals surface area contributed by atoms with Gasteiger partial charge >= 0.3 is 0 Å². The number of rotatable bonds is 6. The molecule has 0 radical (unpaired) electrons. The van der Waals surface area contributed by atoms with Crippen LogP contribution in [0.5, 0.6) is 0 Å². The maximum Gasteiger partial charge on any atom is 0.124 e. The first-order valence-electron chi connectivity index (χ1n) is 7.43. The maximum absolute atomic E-state index is 4.84. The molecular weight excluding hydrogens is 264 g/mol. The minimum Gasteiger partial charge on any atom is -0.309 e. The summed E-state index contributed by atoms with van der Waals surface area (Å²) in [6, 6.07) is 9.05. The molecule has 0 aliphatic rings. The highest BCUT2D eigenvalue weighted by atomic mass is 32.1. The number of nitrogens with zero attached hydrogens (tertiary/aromatic N) is 1. The van der Waals surface area contributed by atoms with Crippen molar-refractivity contribution < 1.29 is 0 Å². The molecule has 0 aliphatic carbocycles. The summed E-state index contributed by atoms with van der Waals surface area (Å²) in [6.07, 6.45) is 2.16. The topological polar surface area (TPSA) is 24.9 Å². The first-order valence-corrected chi connectivity index (χ1v) is 8.25. The molecule has 108 valence electrons. The van der Waals surface area contributed by atoms with E-state index in [2.05, 4.69) is 57.3 Å². The molecule has 0 spiro atoms. The average Bonchev–Trinajstić information content (AvgIpc) is 2.88. The average molecular weight is 288 g/mol. The molecule has 0 saturated heterocycles. The summed E-state index contributed by atoms with van der Waals surface area (Å²) in [4.78, 5) is 6.22. The number of hydrogen-bond acceptors (Lipinski definition) is 3. The fraction of sp³-hybridized carbons (Fsp3) is 0.471. The van der Waals surface area contributed by atoms with Crippen LogP contribution in [0.1, 0.15) is 43.3 Å². The van der Waals surface area contributed by atoms with Gasteiger partial charge in [0.05, 0.1) is 5.69 Å². The summed E-state index contributed by atoms with van der Waals surface area (Å²) in [5.74, 6) is 0. The van der Waals surface area contributed by atoms with Crippen molar-refractivity contribution in [2.75, 3.05) is 0 Å². The van der Waals surface area contributed by atoms with Gasteiger partial charge in [0.2, 0.25) is 0 Å². The lowest BCUT2D eigenvalue weighted by Crippen LogP contribution is -2.24. The Balaban J connectivity index is 2.25. The van der Waals surface area contributed by atoms with Crippen LogP contribution >= 0.6 is 11.3 Å². The van der Waals surface area contributed by atoms with Gasteiger partial charge in [-0.3, -0.25) is 0 Å². The molecule has 1 heterocycles. The number of thiazole rings is 1. The highest BCUT2D eigenvalue weighted by Crippen LogP contribution is 2.30. The van der Waals surface area contributed by atoms with Crippen LogP contribution in [-0.2, 0) is 13.0 Å². The molecule has 20 heavy (non-hydrogen) atoms. The van der Waals surface area contributed by atoms with Crippen molar-refractivity contribution >= 4 is 11.3 Å². The Bertz CT molecular complexity index is 560. The highest BCUT2D eigenvalue weighted by molar-refractivity contribution is 7.15. The highest BCUT2D eigenvalue weighted by Gasteiger charge is 2.13. The van der Waals surface area contributed by atoms with Gasteiger partial charge in [0, 0.05) is 23.0 Å². The molecule has 1 N–H and O–H groups in total. The van der Waals surface area contributed by atoms with Gasteiger partial charge in [-0.2, -0.15) is 0 Å². The SMILES string of the molecule is CCc1nc(-c2ccccc2C)sc1CNC(C)CC. The second kappa shape index (κ2) is 7.00. The molecule has 2 aromatic rings. The zero-order valence-corrected chi connectivity index (χ0v) is 13.7. The zero-order chi connectivity index (χ0) is 14.5. The fourth-order valence-corrected chi connectivity index (χ4v) is 3.33.